The molecule has 2 aromatic rings. The van der Waals surface area contributed by atoms with Gasteiger partial charge < -0.3 is 10.1 Å². The van der Waals surface area contributed by atoms with Crippen molar-refractivity contribution in [3.8, 4) is 5.75 Å². The lowest BCUT2D eigenvalue weighted by molar-refractivity contribution is -0.137. The first-order chi connectivity index (χ1) is 13.6. The summed E-state index contributed by atoms with van der Waals surface area (Å²) in [5.41, 5.74) is 2.05. The van der Waals surface area contributed by atoms with Crippen LogP contribution in [0.3, 0.4) is 0 Å². The Labute approximate surface area is 167 Å². The van der Waals surface area contributed by atoms with Crippen LogP contribution in [-0.2, 0) is 11.0 Å². The van der Waals surface area contributed by atoms with Gasteiger partial charge in [-0.15, -0.1) is 0 Å². The molecule has 2 aromatic carbocycles. The summed E-state index contributed by atoms with van der Waals surface area (Å²) in [5, 5.41) is 2.63. The van der Waals surface area contributed by atoms with Gasteiger partial charge in [-0.3, -0.25) is 9.59 Å². The molecule has 1 N–H and O–H groups in total. The van der Waals surface area contributed by atoms with Gasteiger partial charge in [0.1, 0.15) is 5.75 Å². The van der Waals surface area contributed by atoms with Gasteiger partial charge in [0, 0.05) is 6.42 Å². The van der Waals surface area contributed by atoms with E-state index in [4.69, 9.17) is 4.74 Å². The molecule has 1 aliphatic carbocycles. The number of hydrogen-bond acceptors (Lipinski definition) is 3. The van der Waals surface area contributed by atoms with Crippen LogP contribution in [0.1, 0.15) is 64.8 Å². The summed E-state index contributed by atoms with van der Waals surface area (Å²) in [4.78, 5) is 24.5. The van der Waals surface area contributed by atoms with E-state index in [-0.39, 0.29) is 18.3 Å². The van der Waals surface area contributed by atoms with Crippen molar-refractivity contribution < 1.29 is 27.5 Å². The molecule has 0 aromatic heterocycles. The molecule has 7 heteroatoms. The number of hydrogen-bond donors (Lipinski definition) is 1. The minimum atomic E-state index is -4.45. The van der Waals surface area contributed by atoms with Crippen LogP contribution in [0.2, 0.25) is 0 Å². The molecule has 0 heterocycles. The van der Waals surface area contributed by atoms with E-state index >= 15 is 0 Å². The molecule has 154 valence electrons. The predicted octanol–water partition coefficient (Wildman–Crippen LogP) is 4.96. The molecule has 3 rings (SSSR count). The summed E-state index contributed by atoms with van der Waals surface area (Å²) in [7, 11) is 0. The summed E-state index contributed by atoms with van der Waals surface area (Å²) in [6.07, 6.45) is -4.03. The zero-order valence-electron chi connectivity index (χ0n) is 16.4. The number of aryl methyl sites for hydroxylation is 1. The number of amides is 1. The van der Waals surface area contributed by atoms with E-state index in [0.717, 1.165) is 23.3 Å². The molecular weight excluding hydrogens is 383 g/mol. The quantitative estimate of drug-likeness (QED) is 0.765. The number of rotatable bonds is 5. The van der Waals surface area contributed by atoms with Gasteiger partial charge in [-0.1, -0.05) is 25.1 Å². The van der Waals surface area contributed by atoms with E-state index in [1.54, 1.807) is 13.0 Å². The van der Waals surface area contributed by atoms with Crippen LogP contribution in [0.15, 0.2) is 36.4 Å². The fourth-order valence-electron chi connectivity index (χ4n) is 3.72. The SMILES string of the molecule is Cc1ccc(OCC(=O)NC(C)c2cccc(C(F)(F)F)c2)c2c1C(C)CC2=O. The van der Waals surface area contributed by atoms with E-state index in [1.807, 2.05) is 19.9 Å². The number of ether oxygens (including phenoxy) is 1. The van der Waals surface area contributed by atoms with Crippen LogP contribution >= 0.6 is 0 Å². The van der Waals surface area contributed by atoms with Crippen LogP contribution < -0.4 is 10.1 Å². The van der Waals surface area contributed by atoms with Crippen molar-refractivity contribution in [1.29, 1.82) is 0 Å². The molecule has 0 bridgehead atoms. The predicted molar refractivity (Wildman–Crippen MR) is 102 cm³/mol. The zero-order chi connectivity index (χ0) is 21.3. The van der Waals surface area contributed by atoms with Crippen molar-refractivity contribution in [2.45, 2.75) is 45.3 Å². The van der Waals surface area contributed by atoms with Gasteiger partial charge in [-0.05, 0) is 54.7 Å². The maximum atomic E-state index is 12.9. The molecule has 1 aliphatic rings. The Morgan fingerprint density at radius 1 is 1.28 bits per heavy atom. The second kappa shape index (κ2) is 7.89. The average Bonchev–Trinajstić information content (AvgIpc) is 2.96. The second-order valence-corrected chi connectivity index (χ2v) is 7.40. The van der Waals surface area contributed by atoms with E-state index in [0.29, 0.717) is 23.3 Å². The summed E-state index contributed by atoms with van der Waals surface area (Å²) in [6, 6.07) is 7.72. The molecule has 0 saturated carbocycles. The first-order valence-corrected chi connectivity index (χ1v) is 9.34. The lowest BCUT2D eigenvalue weighted by Crippen LogP contribution is -2.31. The van der Waals surface area contributed by atoms with Crippen LogP contribution in [0, 0.1) is 6.92 Å². The minimum Gasteiger partial charge on any atom is -0.483 e. The molecule has 1 amide bonds. The first-order valence-electron chi connectivity index (χ1n) is 9.34. The fraction of sp³-hybridized carbons (Fsp3) is 0.364. The Kier molecular flexibility index (Phi) is 5.68. The summed E-state index contributed by atoms with van der Waals surface area (Å²) < 4.78 is 44.2. The zero-order valence-corrected chi connectivity index (χ0v) is 16.4. The van der Waals surface area contributed by atoms with Crippen molar-refractivity contribution in [3.05, 3.63) is 64.2 Å². The highest BCUT2D eigenvalue weighted by Gasteiger charge is 2.32. The molecule has 0 fully saturated rings. The minimum absolute atomic E-state index is 0.0102. The van der Waals surface area contributed by atoms with Crippen LogP contribution in [-0.4, -0.2) is 18.3 Å². The van der Waals surface area contributed by atoms with Gasteiger partial charge in [0.05, 0.1) is 17.2 Å². The lowest BCUT2D eigenvalue weighted by atomic mass is 9.97. The third-order valence-electron chi connectivity index (χ3n) is 5.14. The van der Waals surface area contributed by atoms with Crippen molar-refractivity contribution in [3.63, 3.8) is 0 Å². The van der Waals surface area contributed by atoms with Crippen molar-refractivity contribution in [2.24, 2.45) is 0 Å². The third-order valence-corrected chi connectivity index (χ3v) is 5.14. The molecule has 2 atom stereocenters. The van der Waals surface area contributed by atoms with Crippen molar-refractivity contribution >= 4 is 11.7 Å². The molecule has 29 heavy (non-hydrogen) atoms. The molecule has 4 nitrogen and oxygen atoms in total. The molecular formula is C22H22F3NO3. The van der Waals surface area contributed by atoms with Gasteiger partial charge >= 0.3 is 6.18 Å². The number of carbonyl (C=O) groups excluding carboxylic acids is 2. The van der Waals surface area contributed by atoms with E-state index in [2.05, 4.69) is 5.32 Å². The number of alkyl halides is 3. The smallest absolute Gasteiger partial charge is 0.416 e. The third kappa shape index (κ3) is 4.44. The number of halogens is 3. The Bertz CT molecular complexity index is 953. The van der Waals surface area contributed by atoms with Gasteiger partial charge in [0.15, 0.2) is 12.4 Å². The van der Waals surface area contributed by atoms with Gasteiger partial charge in [0.25, 0.3) is 5.91 Å². The Morgan fingerprint density at radius 2 is 2.00 bits per heavy atom. The largest absolute Gasteiger partial charge is 0.483 e. The second-order valence-electron chi connectivity index (χ2n) is 7.40. The number of ketones is 1. The average molecular weight is 405 g/mol. The molecule has 0 spiro atoms. The highest BCUT2D eigenvalue weighted by molar-refractivity contribution is 6.04. The van der Waals surface area contributed by atoms with Crippen LogP contribution in [0.25, 0.3) is 0 Å². The van der Waals surface area contributed by atoms with Crippen molar-refractivity contribution in [1.82, 2.24) is 5.32 Å². The van der Waals surface area contributed by atoms with Gasteiger partial charge in [-0.2, -0.15) is 13.2 Å². The van der Waals surface area contributed by atoms with Crippen molar-refractivity contribution in [2.75, 3.05) is 6.61 Å². The Balaban J connectivity index is 1.67. The summed E-state index contributed by atoms with van der Waals surface area (Å²) in [5.74, 6) is -0.0238. The number of fused-ring (bicyclic) bond motifs is 1. The summed E-state index contributed by atoms with van der Waals surface area (Å²) in [6.45, 7) is 5.17. The Hall–Kier alpha value is -2.83. The Morgan fingerprint density at radius 3 is 2.69 bits per heavy atom. The van der Waals surface area contributed by atoms with Gasteiger partial charge in [0.2, 0.25) is 0 Å². The number of carbonyl (C=O) groups is 2. The molecule has 2 unspecified atom stereocenters. The van der Waals surface area contributed by atoms with Gasteiger partial charge in [-0.25, -0.2) is 0 Å². The first kappa shape index (κ1) is 20.9. The molecule has 0 radical (unpaired) electrons. The summed E-state index contributed by atoms with van der Waals surface area (Å²) >= 11 is 0. The maximum absolute atomic E-state index is 12.9. The standard InChI is InChI=1S/C22H22F3NO3/c1-12-7-8-18(21-17(27)9-13(2)20(12)21)29-11-19(28)26-14(3)15-5-4-6-16(10-15)22(23,24)25/h4-8,10,13-14H,9,11H2,1-3H3,(H,26,28). The number of nitrogens with one attached hydrogen (secondary N) is 1. The number of benzene rings is 2. The van der Waals surface area contributed by atoms with Crippen LogP contribution in [0.4, 0.5) is 13.2 Å². The lowest BCUT2D eigenvalue weighted by Gasteiger charge is -2.17. The monoisotopic (exact) mass is 405 g/mol. The topological polar surface area (TPSA) is 55.4 Å². The highest BCUT2D eigenvalue weighted by Crippen LogP contribution is 2.40. The number of Topliss-reactive ketones (excluding diaryl/α,β-unsaturated/α-hetero) is 1. The highest BCUT2D eigenvalue weighted by atomic mass is 19.4. The van der Waals surface area contributed by atoms with E-state index in [9.17, 15) is 22.8 Å². The van der Waals surface area contributed by atoms with Crippen LogP contribution in [0.5, 0.6) is 5.75 Å². The maximum Gasteiger partial charge on any atom is 0.416 e. The molecule has 0 aliphatic heterocycles. The molecule has 0 saturated heterocycles. The fourth-order valence-corrected chi connectivity index (χ4v) is 3.72. The normalized spacial score (nSPS) is 17.0. The van der Waals surface area contributed by atoms with E-state index in [1.165, 1.54) is 12.1 Å². The van der Waals surface area contributed by atoms with E-state index < -0.39 is 23.7 Å².